The average molecular weight is 526 g/mol. The van der Waals surface area contributed by atoms with E-state index in [9.17, 15) is 14.4 Å². The number of anilines is 1. The Kier molecular flexibility index (Phi) is 7.79. The van der Waals surface area contributed by atoms with Gasteiger partial charge in [-0.2, -0.15) is 0 Å². The van der Waals surface area contributed by atoms with E-state index < -0.39 is 6.09 Å². The largest absolute Gasteiger partial charge is 0.446 e. The molecule has 0 unspecified atom stereocenters. The van der Waals surface area contributed by atoms with E-state index in [2.05, 4.69) is 24.1 Å². The topological polar surface area (TPSA) is 79.0 Å². The first-order valence-corrected chi connectivity index (χ1v) is 13.6. The first-order valence-electron chi connectivity index (χ1n) is 13.6. The van der Waals surface area contributed by atoms with Crippen molar-refractivity contribution < 1.29 is 19.1 Å². The number of benzene rings is 3. The standard InChI is InChI=1S/C32H35N3O4/c1-32(2)22-35(30(37)27-13-12-23(21-36)20-28(27)32)19-18-34-16-14-25(15-17-34)39-31(38)33-29-11-7-6-10-26(29)24-8-4-3-5-9-24/h3-13,20-21,25H,14-19,22H2,1-2H3,(H,33,38). The molecule has 39 heavy (non-hydrogen) atoms. The minimum Gasteiger partial charge on any atom is -0.446 e. The number of fused-ring (bicyclic) bond motifs is 1. The van der Waals surface area contributed by atoms with Crippen molar-refractivity contribution in [3.63, 3.8) is 0 Å². The number of likely N-dealkylation sites (tertiary alicyclic amines) is 1. The lowest BCUT2D eigenvalue weighted by Crippen LogP contribution is -2.50. The van der Waals surface area contributed by atoms with Crippen LogP contribution in [-0.2, 0) is 10.2 Å². The predicted molar refractivity (Wildman–Crippen MR) is 152 cm³/mol. The van der Waals surface area contributed by atoms with Crippen molar-refractivity contribution in [1.82, 2.24) is 9.80 Å². The molecule has 0 saturated carbocycles. The van der Waals surface area contributed by atoms with Gasteiger partial charge in [0.1, 0.15) is 12.4 Å². The van der Waals surface area contributed by atoms with Gasteiger partial charge < -0.3 is 14.5 Å². The number of ether oxygens (including phenoxy) is 1. The molecule has 2 heterocycles. The zero-order valence-electron chi connectivity index (χ0n) is 22.6. The Morgan fingerprint density at radius 2 is 1.69 bits per heavy atom. The SMILES string of the molecule is CC1(C)CN(CCN2CCC(OC(=O)Nc3ccccc3-c3ccccc3)CC2)C(=O)c2ccc(C=O)cc21. The molecule has 0 bridgehead atoms. The molecule has 0 aliphatic carbocycles. The normalized spacial score (nSPS) is 17.4. The molecule has 2 aliphatic heterocycles. The molecule has 7 heteroatoms. The summed E-state index contributed by atoms with van der Waals surface area (Å²) in [5.74, 6) is 0.0208. The van der Waals surface area contributed by atoms with Gasteiger partial charge in [0.15, 0.2) is 0 Å². The van der Waals surface area contributed by atoms with E-state index in [0.717, 1.165) is 61.1 Å². The molecule has 3 aromatic carbocycles. The van der Waals surface area contributed by atoms with Gasteiger partial charge in [0.25, 0.3) is 5.91 Å². The molecule has 202 valence electrons. The van der Waals surface area contributed by atoms with Crippen molar-refractivity contribution in [2.45, 2.75) is 38.2 Å². The first-order chi connectivity index (χ1) is 18.8. The van der Waals surface area contributed by atoms with Gasteiger partial charge in [0.2, 0.25) is 0 Å². The quantitative estimate of drug-likeness (QED) is 0.406. The van der Waals surface area contributed by atoms with Crippen molar-refractivity contribution in [2.75, 3.05) is 38.0 Å². The third-order valence-corrected chi connectivity index (χ3v) is 7.76. The van der Waals surface area contributed by atoms with Crippen LogP contribution in [0.5, 0.6) is 0 Å². The van der Waals surface area contributed by atoms with Crippen molar-refractivity contribution in [2.24, 2.45) is 0 Å². The number of carbonyl (C=O) groups excluding carboxylic acids is 3. The number of carbonyl (C=O) groups is 3. The summed E-state index contributed by atoms with van der Waals surface area (Å²) in [6.07, 6.45) is 1.76. The van der Waals surface area contributed by atoms with Crippen molar-refractivity contribution in [1.29, 1.82) is 0 Å². The Morgan fingerprint density at radius 3 is 2.44 bits per heavy atom. The second kappa shape index (κ2) is 11.4. The number of hydrogen-bond donors (Lipinski definition) is 1. The molecule has 0 aromatic heterocycles. The van der Waals surface area contributed by atoms with Crippen LogP contribution in [-0.4, -0.2) is 66.9 Å². The molecule has 2 amide bonds. The highest BCUT2D eigenvalue weighted by molar-refractivity contribution is 5.98. The van der Waals surface area contributed by atoms with E-state index in [1.54, 1.807) is 12.1 Å². The van der Waals surface area contributed by atoms with Crippen LogP contribution in [0.25, 0.3) is 11.1 Å². The molecule has 1 fully saturated rings. The summed E-state index contributed by atoms with van der Waals surface area (Å²) in [4.78, 5) is 41.3. The summed E-state index contributed by atoms with van der Waals surface area (Å²) in [6.45, 7) is 7.88. The van der Waals surface area contributed by atoms with Gasteiger partial charge in [-0.25, -0.2) is 4.79 Å². The Bertz CT molecular complexity index is 1350. The van der Waals surface area contributed by atoms with Gasteiger partial charge in [0.05, 0.1) is 5.69 Å². The maximum atomic E-state index is 13.2. The molecular formula is C32H35N3O4. The maximum Gasteiger partial charge on any atom is 0.411 e. The number of rotatable bonds is 7. The second-order valence-corrected chi connectivity index (χ2v) is 11.0. The molecule has 0 radical (unpaired) electrons. The molecule has 1 saturated heterocycles. The summed E-state index contributed by atoms with van der Waals surface area (Å²) in [7, 11) is 0. The van der Waals surface area contributed by atoms with Crippen LogP contribution in [0.4, 0.5) is 10.5 Å². The fraction of sp³-hybridized carbons (Fsp3) is 0.344. The van der Waals surface area contributed by atoms with E-state index in [1.807, 2.05) is 65.6 Å². The lowest BCUT2D eigenvalue weighted by Gasteiger charge is -2.41. The van der Waals surface area contributed by atoms with Crippen LogP contribution in [0.1, 0.15) is 53.0 Å². The minimum absolute atomic E-state index is 0.0208. The van der Waals surface area contributed by atoms with Crippen LogP contribution in [0.15, 0.2) is 72.8 Å². The van der Waals surface area contributed by atoms with Gasteiger partial charge in [-0.05, 0) is 42.2 Å². The molecule has 0 spiro atoms. The van der Waals surface area contributed by atoms with E-state index in [-0.39, 0.29) is 17.4 Å². The molecule has 2 aliphatic rings. The monoisotopic (exact) mass is 525 g/mol. The zero-order chi connectivity index (χ0) is 27.4. The third-order valence-electron chi connectivity index (χ3n) is 7.76. The highest BCUT2D eigenvalue weighted by Gasteiger charge is 2.36. The summed E-state index contributed by atoms with van der Waals surface area (Å²) in [5, 5.41) is 2.93. The molecule has 7 nitrogen and oxygen atoms in total. The van der Waals surface area contributed by atoms with Gasteiger partial charge in [-0.1, -0.05) is 68.4 Å². The molecule has 1 N–H and O–H groups in total. The summed E-state index contributed by atoms with van der Waals surface area (Å²) in [5.41, 5.74) is 4.71. The zero-order valence-corrected chi connectivity index (χ0v) is 22.6. The Hall–Kier alpha value is -3.97. The number of nitrogens with zero attached hydrogens (tertiary/aromatic N) is 2. The number of amides is 2. The highest BCUT2D eigenvalue weighted by Crippen LogP contribution is 2.34. The molecule has 3 aromatic rings. The molecular weight excluding hydrogens is 490 g/mol. The number of piperidine rings is 1. The summed E-state index contributed by atoms with van der Waals surface area (Å²) >= 11 is 0. The van der Waals surface area contributed by atoms with Gasteiger partial charge in [-0.15, -0.1) is 0 Å². The van der Waals surface area contributed by atoms with E-state index in [1.165, 1.54) is 0 Å². The number of hydrogen-bond acceptors (Lipinski definition) is 5. The molecule has 5 rings (SSSR count). The minimum atomic E-state index is -0.436. The Morgan fingerprint density at radius 1 is 0.974 bits per heavy atom. The third kappa shape index (κ3) is 6.04. The fourth-order valence-corrected chi connectivity index (χ4v) is 5.63. The van der Waals surface area contributed by atoms with Crippen LogP contribution in [0.3, 0.4) is 0 Å². The second-order valence-electron chi connectivity index (χ2n) is 11.0. The van der Waals surface area contributed by atoms with E-state index >= 15 is 0 Å². The van der Waals surface area contributed by atoms with Crippen LogP contribution < -0.4 is 5.32 Å². The lowest BCUT2D eigenvalue weighted by molar-refractivity contribution is 0.0493. The average Bonchev–Trinajstić information content (AvgIpc) is 2.95. The highest BCUT2D eigenvalue weighted by atomic mass is 16.6. The van der Waals surface area contributed by atoms with Gasteiger partial charge in [0, 0.05) is 54.8 Å². The van der Waals surface area contributed by atoms with Crippen molar-refractivity contribution >= 4 is 24.0 Å². The van der Waals surface area contributed by atoms with E-state index in [0.29, 0.717) is 24.2 Å². The number of para-hydroxylation sites is 1. The van der Waals surface area contributed by atoms with Crippen LogP contribution in [0.2, 0.25) is 0 Å². The van der Waals surface area contributed by atoms with Gasteiger partial charge in [-0.3, -0.25) is 14.9 Å². The Labute approximate surface area is 229 Å². The smallest absolute Gasteiger partial charge is 0.411 e. The Balaban J connectivity index is 1.11. The first kappa shape index (κ1) is 26.6. The number of aldehydes is 1. The summed E-state index contributed by atoms with van der Waals surface area (Å²) < 4.78 is 5.77. The van der Waals surface area contributed by atoms with Crippen LogP contribution in [0, 0.1) is 0 Å². The predicted octanol–water partition coefficient (Wildman–Crippen LogP) is 5.61. The van der Waals surface area contributed by atoms with Crippen LogP contribution >= 0.6 is 0 Å². The number of nitrogens with one attached hydrogen (secondary N) is 1. The molecule has 0 atom stereocenters. The van der Waals surface area contributed by atoms with E-state index in [4.69, 9.17) is 4.74 Å². The maximum absolute atomic E-state index is 13.2. The van der Waals surface area contributed by atoms with Crippen molar-refractivity contribution in [3.05, 3.63) is 89.5 Å². The fourth-order valence-electron chi connectivity index (χ4n) is 5.63. The van der Waals surface area contributed by atoms with Gasteiger partial charge >= 0.3 is 6.09 Å². The lowest BCUT2D eigenvalue weighted by atomic mass is 9.77. The summed E-state index contributed by atoms with van der Waals surface area (Å²) in [6, 6.07) is 23.0. The van der Waals surface area contributed by atoms with Crippen molar-refractivity contribution in [3.8, 4) is 11.1 Å².